The van der Waals surface area contributed by atoms with E-state index < -0.39 is 21.7 Å². The molecule has 6 nitrogen and oxygen atoms in total. The SMILES string of the molecule is CCN(CC)S(=O)(=O)c1ccc(F)c(C(=O)NCCN(C)Cc2ccccc2)c1. The molecule has 0 atom stereocenters. The van der Waals surface area contributed by atoms with Crippen molar-refractivity contribution in [3.8, 4) is 0 Å². The van der Waals surface area contributed by atoms with Gasteiger partial charge in [-0.05, 0) is 30.8 Å². The fourth-order valence-electron chi connectivity index (χ4n) is 2.98. The van der Waals surface area contributed by atoms with E-state index in [1.807, 2.05) is 42.3 Å². The zero-order valence-electron chi connectivity index (χ0n) is 17.1. The fraction of sp³-hybridized carbons (Fsp3) is 0.381. The Hall–Kier alpha value is -2.29. The lowest BCUT2D eigenvalue weighted by atomic mass is 10.2. The minimum absolute atomic E-state index is 0.0889. The maximum Gasteiger partial charge on any atom is 0.254 e. The van der Waals surface area contributed by atoms with Gasteiger partial charge in [0, 0.05) is 32.7 Å². The van der Waals surface area contributed by atoms with E-state index >= 15 is 0 Å². The molecule has 158 valence electrons. The van der Waals surface area contributed by atoms with Crippen LogP contribution < -0.4 is 5.32 Å². The van der Waals surface area contributed by atoms with Crippen molar-refractivity contribution in [2.24, 2.45) is 0 Å². The number of likely N-dealkylation sites (N-methyl/N-ethyl adjacent to an activating group) is 1. The van der Waals surface area contributed by atoms with Gasteiger partial charge in [-0.3, -0.25) is 4.79 Å². The van der Waals surface area contributed by atoms with E-state index in [1.54, 1.807) is 13.8 Å². The molecule has 0 aromatic heterocycles. The molecule has 2 rings (SSSR count). The van der Waals surface area contributed by atoms with Crippen molar-refractivity contribution in [1.29, 1.82) is 0 Å². The van der Waals surface area contributed by atoms with Crippen LogP contribution in [0.2, 0.25) is 0 Å². The molecule has 1 amide bonds. The van der Waals surface area contributed by atoms with E-state index in [-0.39, 0.29) is 10.5 Å². The highest BCUT2D eigenvalue weighted by Gasteiger charge is 2.24. The summed E-state index contributed by atoms with van der Waals surface area (Å²) in [6, 6.07) is 13.2. The quantitative estimate of drug-likeness (QED) is 0.640. The highest BCUT2D eigenvalue weighted by molar-refractivity contribution is 7.89. The fourth-order valence-corrected chi connectivity index (χ4v) is 4.47. The molecule has 0 unspecified atom stereocenters. The Balaban J connectivity index is 2.01. The predicted octanol–water partition coefficient (Wildman–Crippen LogP) is 2.72. The average Bonchev–Trinajstić information content (AvgIpc) is 2.69. The van der Waals surface area contributed by atoms with Crippen LogP contribution in [0.5, 0.6) is 0 Å². The third-order valence-corrected chi connectivity index (χ3v) is 6.65. The van der Waals surface area contributed by atoms with E-state index in [0.717, 1.165) is 24.2 Å². The number of amides is 1. The third-order valence-electron chi connectivity index (χ3n) is 4.60. The Bertz CT molecular complexity index is 916. The molecule has 8 heteroatoms. The standard InChI is InChI=1S/C21H28FN3O3S/c1-4-25(5-2)29(27,28)18-11-12-20(22)19(15-18)21(26)23-13-14-24(3)16-17-9-7-6-8-10-17/h6-12,15H,4-5,13-14,16H2,1-3H3,(H,23,26). The van der Waals surface area contributed by atoms with E-state index in [9.17, 15) is 17.6 Å². The van der Waals surface area contributed by atoms with Crippen molar-refractivity contribution >= 4 is 15.9 Å². The topological polar surface area (TPSA) is 69.7 Å². The second kappa shape index (κ2) is 10.5. The summed E-state index contributed by atoms with van der Waals surface area (Å²) in [5.74, 6) is -1.38. The molecular formula is C21H28FN3O3S. The first-order valence-electron chi connectivity index (χ1n) is 9.60. The smallest absolute Gasteiger partial charge is 0.254 e. The van der Waals surface area contributed by atoms with E-state index in [0.29, 0.717) is 26.2 Å². The van der Waals surface area contributed by atoms with E-state index in [4.69, 9.17) is 0 Å². The van der Waals surface area contributed by atoms with Gasteiger partial charge in [-0.1, -0.05) is 44.2 Å². The molecule has 2 aromatic rings. The Morgan fingerprint density at radius 1 is 1.07 bits per heavy atom. The molecule has 29 heavy (non-hydrogen) atoms. The van der Waals surface area contributed by atoms with Crippen molar-refractivity contribution in [2.75, 3.05) is 33.2 Å². The summed E-state index contributed by atoms with van der Waals surface area (Å²) in [6.07, 6.45) is 0. The van der Waals surface area contributed by atoms with Gasteiger partial charge in [0.15, 0.2) is 0 Å². The first kappa shape index (κ1) is 23.0. The second-order valence-electron chi connectivity index (χ2n) is 6.71. The van der Waals surface area contributed by atoms with Gasteiger partial charge >= 0.3 is 0 Å². The number of rotatable bonds is 10. The normalized spacial score (nSPS) is 11.8. The summed E-state index contributed by atoms with van der Waals surface area (Å²) in [5, 5.41) is 2.66. The summed E-state index contributed by atoms with van der Waals surface area (Å²) in [5.41, 5.74) is 0.880. The number of carbonyl (C=O) groups is 1. The monoisotopic (exact) mass is 421 g/mol. The molecule has 2 aromatic carbocycles. The number of nitrogens with one attached hydrogen (secondary N) is 1. The molecule has 0 saturated heterocycles. The van der Waals surface area contributed by atoms with Crippen LogP contribution in [0.1, 0.15) is 29.8 Å². The van der Waals surface area contributed by atoms with Gasteiger partial charge in [0.25, 0.3) is 5.91 Å². The van der Waals surface area contributed by atoms with Gasteiger partial charge in [-0.15, -0.1) is 0 Å². The third kappa shape index (κ3) is 6.09. The summed E-state index contributed by atoms with van der Waals surface area (Å²) >= 11 is 0. The minimum Gasteiger partial charge on any atom is -0.351 e. The van der Waals surface area contributed by atoms with Gasteiger partial charge in [0.1, 0.15) is 5.82 Å². The molecule has 0 heterocycles. The van der Waals surface area contributed by atoms with Gasteiger partial charge in [0.05, 0.1) is 10.5 Å². The lowest BCUT2D eigenvalue weighted by Gasteiger charge is -2.19. The number of carbonyl (C=O) groups excluding carboxylic acids is 1. The minimum atomic E-state index is -3.76. The summed E-state index contributed by atoms with van der Waals surface area (Å²) < 4.78 is 40.7. The van der Waals surface area contributed by atoms with Crippen molar-refractivity contribution in [2.45, 2.75) is 25.3 Å². The number of sulfonamides is 1. The summed E-state index contributed by atoms with van der Waals surface area (Å²) in [7, 11) is -1.84. The molecule has 0 aliphatic rings. The first-order chi connectivity index (χ1) is 13.8. The van der Waals surface area contributed by atoms with Crippen molar-refractivity contribution < 1.29 is 17.6 Å². The Morgan fingerprint density at radius 3 is 2.34 bits per heavy atom. The second-order valence-corrected chi connectivity index (χ2v) is 8.65. The largest absolute Gasteiger partial charge is 0.351 e. The van der Waals surface area contributed by atoms with Crippen LogP contribution >= 0.6 is 0 Å². The van der Waals surface area contributed by atoms with Crippen LogP contribution in [0.25, 0.3) is 0 Å². The van der Waals surface area contributed by atoms with Crippen LogP contribution in [0.4, 0.5) is 4.39 Å². The average molecular weight is 422 g/mol. The maximum atomic E-state index is 14.2. The number of halogens is 1. The summed E-state index contributed by atoms with van der Waals surface area (Å²) in [6.45, 7) is 5.66. The number of nitrogens with zero attached hydrogens (tertiary/aromatic N) is 2. The van der Waals surface area contributed by atoms with Gasteiger partial charge < -0.3 is 10.2 Å². The Morgan fingerprint density at radius 2 is 1.72 bits per heavy atom. The predicted molar refractivity (Wildman–Crippen MR) is 112 cm³/mol. The van der Waals surface area contributed by atoms with Gasteiger partial charge in [-0.2, -0.15) is 4.31 Å². The lowest BCUT2D eigenvalue weighted by Crippen LogP contribution is -2.34. The lowest BCUT2D eigenvalue weighted by molar-refractivity contribution is 0.0945. The van der Waals surface area contributed by atoms with Gasteiger partial charge in [0.2, 0.25) is 10.0 Å². The van der Waals surface area contributed by atoms with Crippen LogP contribution in [0, 0.1) is 5.82 Å². The number of hydrogen-bond donors (Lipinski definition) is 1. The molecule has 1 N–H and O–H groups in total. The molecular weight excluding hydrogens is 393 g/mol. The van der Waals surface area contributed by atoms with Crippen molar-refractivity contribution in [3.63, 3.8) is 0 Å². The van der Waals surface area contributed by atoms with Crippen LogP contribution in [-0.2, 0) is 16.6 Å². The van der Waals surface area contributed by atoms with Crippen molar-refractivity contribution in [3.05, 3.63) is 65.5 Å². The van der Waals surface area contributed by atoms with E-state index in [2.05, 4.69) is 5.32 Å². The molecule has 0 bridgehead atoms. The van der Waals surface area contributed by atoms with Crippen LogP contribution in [-0.4, -0.2) is 56.8 Å². The zero-order valence-corrected chi connectivity index (χ0v) is 17.9. The highest BCUT2D eigenvalue weighted by Crippen LogP contribution is 2.19. The van der Waals surface area contributed by atoms with Gasteiger partial charge in [-0.25, -0.2) is 12.8 Å². The van der Waals surface area contributed by atoms with Crippen LogP contribution in [0.15, 0.2) is 53.4 Å². The molecule has 0 aliphatic carbocycles. The zero-order chi connectivity index (χ0) is 21.4. The van der Waals surface area contributed by atoms with E-state index in [1.165, 1.54) is 10.4 Å². The highest BCUT2D eigenvalue weighted by atomic mass is 32.2. The van der Waals surface area contributed by atoms with Crippen molar-refractivity contribution in [1.82, 2.24) is 14.5 Å². The molecule has 0 radical (unpaired) electrons. The molecule has 0 saturated carbocycles. The Kier molecular flexibility index (Phi) is 8.31. The number of hydrogen-bond acceptors (Lipinski definition) is 4. The molecule has 0 fully saturated rings. The molecule has 0 spiro atoms. The number of benzene rings is 2. The Labute approximate surface area is 172 Å². The van der Waals surface area contributed by atoms with Crippen LogP contribution in [0.3, 0.4) is 0 Å². The summed E-state index contributed by atoms with van der Waals surface area (Å²) in [4.78, 5) is 14.4. The maximum absolute atomic E-state index is 14.2. The molecule has 0 aliphatic heterocycles. The first-order valence-corrected chi connectivity index (χ1v) is 11.0.